The molecule has 0 aliphatic carbocycles. The maximum Gasteiger partial charge on any atom is 0.305 e. The van der Waals surface area contributed by atoms with Gasteiger partial charge in [0.1, 0.15) is 0 Å². The van der Waals surface area contributed by atoms with E-state index in [4.69, 9.17) is 0 Å². The quantitative estimate of drug-likeness (QED) is 0.240. The summed E-state index contributed by atoms with van der Waals surface area (Å²) in [7, 11) is 1.36. The summed E-state index contributed by atoms with van der Waals surface area (Å²) in [6.45, 7) is 2.01. The average molecular weight is 391 g/mol. The molecular formula is C23H34O5. The van der Waals surface area contributed by atoms with E-state index in [0.29, 0.717) is 25.7 Å². The molecule has 5 nitrogen and oxygen atoms in total. The third kappa shape index (κ3) is 16.0. The van der Waals surface area contributed by atoms with Gasteiger partial charge < -0.3 is 20.1 Å². The number of ether oxygens (including phenoxy) is 1. The Labute approximate surface area is 168 Å². The fourth-order valence-electron chi connectivity index (χ4n) is 2.03. The number of aliphatic hydroxyl groups is 3. The van der Waals surface area contributed by atoms with Crippen LogP contribution in [0.1, 0.15) is 39.0 Å². The van der Waals surface area contributed by atoms with Crippen molar-refractivity contribution < 1.29 is 24.9 Å². The molecule has 5 heteroatoms. The summed E-state index contributed by atoms with van der Waals surface area (Å²) >= 11 is 0. The molecule has 3 N–H and O–H groups in total. The maximum absolute atomic E-state index is 10.9. The van der Waals surface area contributed by atoms with Gasteiger partial charge in [0.25, 0.3) is 0 Å². The molecule has 0 aromatic rings. The number of hydrogen-bond acceptors (Lipinski definition) is 5. The highest BCUT2D eigenvalue weighted by molar-refractivity contribution is 5.69. The van der Waals surface area contributed by atoms with Crippen molar-refractivity contribution in [2.24, 2.45) is 0 Å². The van der Waals surface area contributed by atoms with Crippen molar-refractivity contribution in [3.05, 3.63) is 72.9 Å². The van der Waals surface area contributed by atoms with E-state index < -0.39 is 18.3 Å². The van der Waals surface area contributed by atoms with Crippen molar-refractivity contribution in [2.75, 3.05) is 7.11 Å². The lowest BCUT2D eigenvalue weighted by molar-refractivity contribution is -0.140. The summed E-state index contributed by atoms with van der Waals surface area (Å²) in [6, 6.07) is 0. The summed E-state index contributed by atoms with van der Waals surface area (Å²) in [5.74, 6) is -0.243. The van der Waals surface area contributed by atoms with Gasteiger partial charge in [0, 0.05) is 6.42 Å². The summed E-state index contributed by atoms with van der Waals surface area (Å²) in [4.78, 5) is 10.9. The fourth-order valence-corrected chi connectivity index (χ4v) is 2.03. The number of esters is 1. The van der Waals surface area contributed by atoms with Gasteiger partial charge in [0.2, 0.25) is 0 Å². The van der Waals surface area contributed by atoms with Crippen LogP contribution in [0.2, 0.25) is 0 Å². The fraction of sp³-hybridized carbons (Fsp3) is 0.435. The van der Waals surface area contributed by atoms with Crippen LogP contribution >= 0.6 is 0 Å². The van der Waals surface area contributed by atoms with Crippen LogP contribution in [-0.2, 0) is 9.53 Å². The number of carbonyl (C=O) groups is 1. The van der Waals surface area contributed by atoms with Gasteiger partial charge in [0.05, 0.1) is 25.4 Å². The minimum absolute atomic E-state index is 0.243. The van der Waals surface area contributed by atoms with Crippen molar-refractivity contribution in [1.29, 1.82) is 0 Å². The first-order valence-corrected chi connectivity index (χ1v) is 9.60. The molecule has 0 aliphatic rings. The van der Waals surface area contributed by atoms with Gasteiger partial charge in [-0.05, 0) is 25.7 Å². The summed E-state index contributed by atoms with van der Waals surface area (Å²) in [6.07, 6.45) is 21.8. The Morgan fingerprint density at radius 1 is 0.857 bits per heavy atom. The van der Waals surface area contributed by atoms with Gasteiger partial charge in [-0.2, -0.15) is 0 Å². The Balaban J connectivity index is 4.03. The van der Waals surface area contributed by atoms with Crippen LogP contribution in [0.3, 0.4) is 0 Å². The molecule has 0 saturated carbocycles. The van der Waals surface area contributed by atoms with Crippen LogP contribution in [0.15, 0.2) is 72.9 Å². The zero-order chi connectivity index (χ0) is 21.0. The minimum Gasteiger partial charge on any atom is -0.469 e. The van der Waals surface area contributed by atoms with E-state index in [2.05, 4.69) is 4.74 Å². The minimum atomic E-state index is -0.897. The number of aliphatic hydroxyl groups excluding tert-OH is 3. The number of allylic oxidation sites excluding steroid dienone is 8. The third-order valence-corrected chi connectivity index (χ3v) is 3.66. The molecule has 3 atom stereocenters. The first-order valence-electron chi connectivity index (χ1n) is 9.60. The third-order valence-electron chi connectivity index (χ3n) is 3.66. The molecule has 28 heavy (non-hydrogen) atoms. The lowest BCUT2D eigenvalue weighted by Gasteiger charge is -2.11. The van der Waals surface area contributed by atoms with Crippen molar-refractivity contribution in [1.82, 2.24) is 0 Å². The zero-order valence-corrected chi connectivity index (χ0v) is 16.9. The van der Waals surface area contributed by atoms with Gasteiger partial charge in [-0.25, -0.2) is 0 Å². The molecule has 0 heterocycles. The molecule has 0 saturated heterocycles. The monoisotopic (exact) mass is 390 g/mol. The standard InChI is InChI=1S/C23H34O5/c1-3-4-10-17-21(25)22(26)18-13-8-6-5-7-11-15-20(24)16-12-9-14-19-23(27)28-2/h4-13,15,18,20-22,24-26H,3,14,16-17,19H2,1-2H3/b7-5-,8-6+,10-4-,12-9-,15-11+,18-13+. The maximum atomic E-state index is 10.9. The Hall–Kier alpha value is -2.21. The molecule has 0 amide bonds. The van der Waals surface area contributed by atoms with Crippen molar-refractivity contribution >= 4 is 5.97 Å². The van der Waals surface area contributed by atoms with Crippen molar-refractivity contribution in [2.45, 2.75) is 57.3 Å². The second kappa shape index (κ2) is 18.2. The van der Waals surface area contributed by atoms with E-state index in [1.54, 1.807) is 48.6 Å². The van der Waals surface area contributed by atoms with Crippen LogP contribution in [0.25, 0.3) is 0 Å². The molecule has 3 unspecified atom stereocenters. The Bertz CT molecular complexity index is 570. The lowest BCUT2D eigenvalue weighted by atomic mass is 10.1. The average Bonchev–Trinajstić information content (AvgIpc) is 2.69. The first-order chi connectivity index (χ1) is 13.5. The highest BCUT2D eigenvalue weighted by Crippen LogP contribution is 2.03. The van der Waals surface area contributed by atoms with Crippen LogP contribution in [-0.4, -0.2) is 46.7 Å². The van der Waals surface area contributed by atoms with E-state index >= 15 is 0 Å². The van der Waals surface area contributed by atoms with Crippen LogP contribution < -0.4 is 0 Å². The number of methoxy groups -OCH3 is 1. The molecule has 0 aromatic carbocycles. The van der Waals surface area contributed by atoms with Crippen LogP contribution in [0, 0.1) is 0 Å². The zero-order valence-electron chi connectivity index (χ0n) is 16.9. The molecule has 0 bridgehead atoms. The van der Waals surface area contributed by atoms with Gasteiger partial charge >= 0.3 is 5.97 Å². The van der Waals surface area contributed by atoms with Gasteiger partial charge in [0.15, 0.2) is 0 Å². The second-order valence-electron chi connectivity index (χ2n) is 6.10. The van der Waals surface area contributed by atoms with E-state index in [9.17, 15) is 20.1 Å². The Morgan fingerprint density at radius 3 is 2.11 bits per heavy atom. The molecule has 0 rings (SSSR count). The van der Waals surface area contributed by atoms with Crippen LogP contribution in [0.4, 0.5) is 0 Å². The molecule has 156 valence electrons. The Kier molecular flexibility index (Phi) is 16.7. The molecule has 0 aromatic heterocycles. The predicted molar refractivity (Wildman–Crippen MR) is 114 cm³/mol. The number of hydrogen-bond donors (Lipinski definition) is 3. The van der Waals surface area contributed by atoms with Crippen molar-refractivity contribution in [3.8, 4) is 0 Å². The van der Waals surface area contributed by atoms with Gasteiger partial charge in [-0.3, -0.25) is 4.79 Å². The second-order valence-corrected chi connectivity index (χ2v) is 6.10. The van der Waals surface area contributed by atoms with E-state index in [1.165, 1.54) is 7.11 Å². The SMILES string of the molecule is CC/C=C\CC(O)C(O)/C=C/C=C/C=C\C=C\C(O)C/C=C\CCC(=O)OC. The van der Waals surface area contributed by atoms with Gasteiger partial charge in [-0.15, -0.1) is 0 Å². The lowest BCUT2D eigenvalue weighted by Crippen LogP contribution is -2.22. The number of rotatable bonds is 14. The smallest absolute Gasteiger partial charge is 0.305 e. The Morgan fingerprint density at radius 2 is 1.46 bits per heavy atom. The highest BCUT2D eigenvalue weighted by atomic mass is 16.5. The summed E-state index contributed by atoms with van der Waals surface area (Å²) in [5.41, 5.74) is 0. The van der Waals surface area contributed by atoms with Crippen LogP contribution in [0.5, 0.6) is 0 Å². The molecule has 0 fully saturated rings. The molecule has 0 aliphatic heterocycles. The summed E-state index contributed by atoms with van der Waals surface area (Å²) < 4.78 is 4.54. The van der Waals surface area contributed by atoms with Crippen molar-refractivity contribution in [3.63, 3.8) is 0 Å². The van der Waals surface area contributed by atoms with E-state index in [0.717, 1.165) is 6.42 Å². The number of carbonyl (C=O) groups excluding carboxylic acids is 1. The van der Waals surface area contributed by atoms with E-state index in [-0.39, 0.29) is 5.97 Å². The first kappa shape index (κ1) is 25.8. The predicted octanol–water partition coefficient (Wildman–Crippen LogP) is 3.55. The highest BCUT2D eigenvalue weighted by Gasteiger charge is 2.10. The normalized spacial score (nSPS) is 16.3. The van der Waals surface area contributed by atoms with Gasteiger partial charge in [-0.1, -0.05) is 79.8 Å². The topological polar surface area (TPSA) is 87.0 Å². The molecule has 0 spiro atoms. The molecular weight excluding hydrogens is 356 g/mol. The largest absolute Gasteiger partial charge is 0.469 e. The van der Waals surface area contributed by atoms with E-state index in [1.807, 2.05) is 31.2 Å². The summed E-state index contributed by atoms with van der Waals surface area (Å²) in [5, 5.41) is 29.3. The molecule has 0 radical (unpaired) electrons.